The summed E-state index contributed by atoms with van der Waals surface area (Å²) in [6.07, 6.45) is 7.27. The number of aryl methyl sites for hydroxylation is 1. The fourth-order valence-corrected chi connectivity index (χ4v) is 5.06. The van der Waals surface area contributed by atoms with Gasteiger partial charge >= 0.3 is 0 Å². The molecule has 0 radical (unpaired) electrons. The third kappa shape index (κ3) is 7.12. The molecule has 1 amide bonds. The number of nitrogens with one attached hydrogen (secondary N) is 2. The number of halogens is 1. The maximum absolute atomic E-state index is 13.6. The lowest BCUT2D eigenvalue weighted by molar-refractivity contribution is 0.0244. The standard InChI is InChI=1S/C24H30FN5O3S.2H2O.2H2/c1-14-27-19(20-12-22(33-29-20)16-5-7-17(8-6-16)30-34-3)11-21(28-14)24(31)26-13-15-4-9-18(25)23(10-15)32-2;;;;/h4,9-11,16-17,22,30H,5-8,12-13H2,1-3H3,(H,26,31);2*1H2;2*1H. The van der Waals surface area contributed by atoms with Crippen molar-refractivity contribution in [2.75, 3.05) is 13.4 Å². The number of rotatable bonds is 8. The molecular formula is C24H38FN5O5S. The summed E-state index contributed by atoms with van der Waals surface area (Å²) in [7, 11) is 1.40. The highest BCUT2D eigenvalue weighted by atomic mass is 32.2. The number of carbonyl (C=O) groups excluding carboxylic acids is 1. The molecule has 12 heteroatoms. The second-order valence-corrected chi connectivity index (χ2v) is 9.30. The van der Waals surface area contributed by atoms with Crippen LogP contribution in [0.1, 0.15) is 62.5 Å². The van der Waals surface area contributed by atoms with E-state index in [-0.39, 0.29) is 43.8 Å². The van der Waals surface area contributed by atoms with Gasteiger partial charge in [-0.25, -0.2) is 14.4 Å². The SMILES string of the molecule is COc1cc(CNC(=O)c2cc(C3=NOC(C4CCC(NSC)CC4)C3)nc(C)n2)ccc1F.O.O.[HH].[HH]. The van der Waals surface area contributed by atoms with Gasteiger partial charge in [-0.3, -0.25) is 9.52 Å². The van der Waals surface area contributed by atoms with Gasteiger partial charge in [0.1, 0.15) is 23.3 Å². The average molecular weight is 528 g/mol. The number of hydrogen-bond donors (Lipinski definition) is 2. The quantitative estimate of drug-likeness (QED) is 0.499. The molecule has 0 spiro atoms. The van der Waals surface area contributed by atoms with E-state index in [0.29, 0.717) is 29.9 Å². The molecule has 1 fully saturated rings. The third-order valence-electron chi connectivity index (χ3n) is 6.31. The van der Waals surface area contributed by atoms with Crippen LogP contribution in [0.2, 0.25) is 0 Å². The highest BCUT2D eigenvalue weighted by Crippen LogP contribution is 2.33. The summed E-state index contributed by atoms with van der Waals surface area (Å²) in [6, 6.07) is 6.69. The minimum Gasteiger partial charge on any atom is -0.494 e. The smallest absolute Gasteiger partial charge is 0.270 e. The Morgan fingerprint density at radius 2 is 1.97 bits per heavy atom. The number of methoxy groups -OCH3 is 1. The van der Waals surface area contributed by atoms with Gasteiger partial charge in [-0.05, 0) is 68.5 Å². The van der Waals surface area contributed by atoms with Gasteiger partial charge in [-0.1, -0.05) is 23.2 Å². The van der Waals surface area contributed by atoms with Crippen molar-refractivity contribution in [2.24, 2.45) is 11.1 Å². The first-order valence-electron chi connectivity index (χ1n) is 11.4. The number of benzene rings is 1. The molecule has 1 aromatic carbocycles. The molecule has 202 valence electrons. The minimum absolute atomic E-state index is 0. The third-order valence-corrected chi connectivity index (χ3v) is 6.88. The normalized spacial score (nSPS) is 20.9. The highest BCUT2D eigenvalue weighted by molar-refractivity contribution is 7.96. The first kappa shape index (κ1) is 29.4. The molecule has 36 heavy (non-hydrogen) atoms. The molecule has 2 aliphatic rings. The predicted octanol–water partition coefficient (Wildman–Crippen LogP) is 2.62. The number of aromatic nitrogens is 2. The van der Waals surface area contributed by atoms with Crippen LogP contribution in [0.4, 0.5) is 4.39 Å². The number of amides is 1. The molecule has 2 heterocycles. The van der Waals surface area contributed by atoms with Gasteiger partial charge in [0.25, 0.3) is 5.91 Å². The first-order chi connectivity index (χ1) is 16.5. The van der Waals surface area contributed by atoms with Crippen molar-refractivity contribution in [1.29, 1.82) is 0 Å². The minimum atomic E-state index is -0.448. The lowest BCUT2D eigenvalue weighted by atomic mass is 9.81. The van der Waals surface area contributed by atoms with Gasteiger partial charge in [0.15, 0.2) is 11.6 Å². The fourth-order valence-electron chi connectivity index (χ4n) is 4.49. The van der Waals surface area contributed by atoms with Crippen LogP contribution in [0.15, 0.2) is 29.4 Å². The molecule has 1 saturated carbocycles. The van der Waals surface area contributed by atoms with Gasteiger partial charge in [-0.2, -0.15) is 0 Å². The van der Waals surface area contributed by atoms with Crippen molar-refractivity contribution in [1.82, 2.24) is 20.0 Å². The van der Waals surface area contributed by atoms with Crippen LogP contribution >= 0.6 is 11.9 Å². The van der Waals surface area contributed by atoms with Crippen molar-refractivity contribution >= 4 is 23.6 Å². The summed E-state index contributed by atoms with van der Waals surface area (Å²) in [5.41, 5.74) is 2.33. The van der Waals surface area contributed by atoms with E-state index < -0.39 is 5.82 Å². The van der Waals surface area contributed by atoms with Crippen molar-refractivity contribution in [3.63, 3.8) is 0 Å². The molecular weight excluding hydrogens is 489 g/mol. The van der Waals surface area contributed by atoms with Crippen molar-refractivity contribution in [3.05, 3.63) is 52.9 Å². The molecule has 10 nitrogen and oxygen atoms in total. The van der Waals surface area contributed by atoms with Crippen molar-refractivity contribution in [3.8, 4) is 5.75 Å². The van der Waals surface area contributed by atoms with Crippen LogP contribution < -0.4 is 14.8 Å². The van der Waals surface area contributed by atoms with E-state index >= 15 is 0 Å². The lowest BCUT2D eigenvalue weighted by Crippen LogP contribution is -2.33. The van der Waals surface area contributed by atoms with E-state index in [9.17, 15) is 9.18 Å². The maximum atomic E-state index is 13.6. The summed E-state index contributed by atoms with van der Waals surface area (Å²) in [5.74, 6) is 0.303. The van der Waals surface area contributed by atoms with Crippen LogP contribution in [-0.2, 0) is 11.4 Å². The number of ether oxygens (including phenoxy) is 1. The number of nitrogens with zero attached hydrogens (tertiary/aromatic N) is 3. The Kier molecular flexibility index (Phi) is 11.0. The Hall–Kier alpha value is -2.80. The zero-order valence-corrected chi connectivity index (χ0v) is 21.5. The fraction of sp³-hybridized carbons (Fsp3) is 0.500. The topological polar surface area (TPSA) is 161 Å². The van der Waals surface area contributed by atoms with Gasteiger partial charge in [0.2, 0.25) is 0 Å². The number of carbonyl (C=O) groups is 1. The van der Waals surface area contributed by atoms with Gasteiger partial charge in [0.05, 0.1) is 12.8 Å². The van der Waals surface area contributed by atoms with Gasteiger partial charge < -0.3 is 25.8 Å². The summed E-state index contributed by atoms with van der Waals surface area (Å²) in [6.45, 7) is 1.97. The van der Waals surface area contributed by atoms with Crippen LogP contribution in [0.25, 0.3) is 0 Å². The van der Waals surface area contributed by atoms with E-state index in [2.05, 4.69) is 31.4 Å². The lowest BCUT2D eigenvalue weighted by Gasteiger charge is -2.30. The van der Waals surface area contributed by atoms with E-state index in [0.717, 1.165) is 37.0 Å². The second kappa shape index (κ2) is 13.5. The van der Waals surface area contributed by atoms with E-state index in [1.54, 1.807) is 37.1 Å². The molecule has 6 N–H and O–H groups in total. The Morgan fingerprint density at radius 1 is 1.22 bits per heavy atom. The van der Waals surface area contributed by atoms with E-state index in [4.69, 9.17) is 9.57 Å². The Balaban J connectivity index is 0.00000342. The molecule has 1 unspecified atom stereocenters. The van der Waals surface area contributed by atoms with Gasteiger partial charge in [0, 0.05) is 21.9 Å². The predicted molar refractivity (Wildman–Crippen MR) is 141 cm³/mol. The van der Waals surface area contributed by atoms with Crippen molar-refractivity contribution in [2.45, 2.75) is 57.7 Å². The Bertz CT molecular complexity index is 1080. The zero-order valence-electron chi connectivity index (χ0n) is 20.6. The Morgan fingerprint density at radius 3 is 2.67 bits per heavy atom. The molecule has 1 aliphatic carbocycles. The molecule has 1 atom stereocenters. The van der Waals surface area contributed by atoms with Crippen molar-refractivity contribution < 1.29 is 32.6 Å². The van der Waals surface area contributed by atoms with Crippen LogP contribution in [-0.4, -0.2) is 58.1 Å². The molecule has 1 aliphatic heterocycles. The summed E-state index contributed by atoms with van der Waals surface area (Å²) in [4.78, 5) is 27.3. The molecule has 1 aromatic heterocycles. The molecule has 2 aromatic rings. The van der Waals surface area contributed by atoms with Crippen LogP contribution in [0.3, 0.4) is 0 Å². The Labute approximate surface area is 217 Å². The second-order valence-electron chi connectivity index (χ2n) is 8.66. The van der Waals surface area contributed by atoms with Crippen LogP contribution in [0, 0.1) is 18.7 Å². The molecule has 0 saturated heterocycles. The monoisotopic (exact) mass is 527 g/mol. The summed E-state index contributed by atoms with van der Waals surface area (Å²) < 4.78 is 22.1. The molecule has 4 rings (SSSR count). The largest absolute Gasteiger partial charge is 0.494 e. The van der Waals surface area contributed by atoms with E-state index in [1.807, 2.05) is 0 Å². The van der Waals surface area contributed by atoms with Crippen LogP contribution in [0.5, 0.6) is 5.75 Å². The first-order valence-corrected chi connectivity index (χ1v) is 12.7. The maximum Gasteiger partial charge on any atom is 0.270 e. The molecule has 0 bridgehead atoms. The average Bonchev–Trinajstić information content (AvgIpc) is 3.34. The summed E-state index contributed by atoms with van der Waals surface area (Å²) >= 11 is 1.68. The van der Waals surface area contributed by atoms with Gasteiger partial charge in [-0.15, -0.1) is 0 Å². The zero-order chi connectivity index (χ0) is 24.1. The number of hydrogen-bond acceptors (Lipinski definition) is 8. The summed E-state index contributed by atoms with van der Waals surface area (Å²) in [5, 5.41) is 7.13. The number of oxime groups is 1. The van der Waals surface area contributed by atoms with E-state index in [1.165, 1.54) is 13.2 Å². The highest BCUT2D eigenvalue weighted by Gasteiger charge is 2.34.